The second-order valence-corrected chi connectivity index (χ2v) is 10.7. The molecule has 198 valence electrons. The Morgan fingerprint density at radius 3 is 2.19 bits per heavy atom. The molecule has 1 spiro atoms. The van der Waals surface area contributed by atoms with Crippen LogP contribution in [0.5, 0.6) is 0 Å². The smallest absolute Gasteiger partial charge is 0.342 e. The molecule has 2 fully saturated rings. The lowest BCUT2D eigenvalue weighted by Gasteiger charge is -2.53. The maximum atomic E-state index is 12.9. The minimum absolute atomic E-state index is 0.137. The summed E-state index contributed by atoms with van der Waals surface area (Å²) in [7, 11) is 0. The second kappa shape index (κ2) is 8.69. The third-order valence-electron chi connectivity index (χ3n) is 8.22. The van der Waals surface area contributed by atoms with Crippen LogP contribution in [-0.4, -0.2) is 70.7 Å². The minimum Gasteiger partial charge on any atom is -0.462 e. The van der Waals surface area contributed by atoms with Crippen molar-refractivity contribution in [2.75, 3.05) is 0 Å². The standard InChI is InChI=1S/C26H34O10/c1-12-10-17(32-14(3)27)21(30)24(6)18(33-15(4)28)9-8-13(2)20(24)22(34-16(5)29)26-19(11-12)35-23(31)25(26,7)36-26/h8,11,17-22,30H,9-10H2,1-7H3/b12-11-/t17-,18+,19+,20-,21+,22+,24+,25+,26+/m1/s1. The molecule has 10 heteroatoms. The third kappa shape index (κ3) is 3.76. The van der Waals surface area contributed by atoms with Crippen molar-refractivity contribution in [2.45, 2.75) is 103 Å². The fourth-order valence-corrected chi connectivity index (χ4v) is 6.54. The summed E-state index contributed by atoms with van der Waals surface area (Å²) in [5, 5.41) is 11.9. The molecule has 4 rings (SSSR count). The highest BCUT2D eigenvalue weighted by Gasteiger charge is 2.87. The maximum absolute atomic E-state index is 12.9. The first-order valence-corrected chi connectivity index (χ1v) is 12.1. The van der Waals surface area contributed by atoms with Gasteiger partial charge in [-0.1, -0.05) is 24.1 Å². The van der Waals surface area contributed by atoms with Gasteiger partial charge in [-0.3, -0.25) is 14.4 Å². The number of ether oxygens (including phenoxy) is 5. The average molecular weight is 507 g/mol. The summed E-state index contributed by atoms with van der Waals surface area (Å²) < 4.78 is 29.1. The molecule has 0 saturated carbocycles. The quantitative estimate of drug-likeness (QED) is 0.261. The molecule has 10 nitrogen and oxygen atoms in total. The lowest BCUT2D eigenvalue weighted by molar-refractivity contribution is -0.203. The van der Waals surface area contributed by atoms with Crippen LogP contribution in [0.1, 0.15) is 61.3 Å². The zero-order valence-corrected chi connectivity index (χ0v) is 21.7. The van der Waals surface area contributed by atoms with Crippen LogP contribution < -0.4 is 0 Å². The van der Waals surface area contributed by atoms with Gasteiger partial charge in [0.1, 0.15) is 24.4 Å². The van der Waals surface area contributed by atoms with Gasteiger partial charge in [0, 0.05) is 44.9 Å². The summed E-state index contributed by atoms with van der Waals surface area (Å²) in [4.78, 5) is 49.5. The van der Waals surface area contributed by atoms with Crippen LogP contribution in [-0.2, 0) is 42.9 Å². The van der Waals surface area contributed by atoms with E-state index in [1.165, 1.54) is 20.8 Å². The average Bonchev–Trinajstić information content (AvgIpc) is 3.34. The Hall–Kier alpha value is -2.72. The second-order valence-electron chi connectivity index (χ2n) is 10.7. The first-order valence-electron chi connectivity index (χ1n) is 12.1. The van der Waals surface area contributed by atoms with E-state index in [0.717, 1.165) is 5.57 Å². The first-order chi connectivity index (χ1) is 16.7. The van der Waals surface area contributed by atoms with E-state index in [2.05, 4.69) is 0 Å². The summed E-state index contributed by atoms with van der Waals surface area (Å²) in [6.45, 7) is 10.7. The predicted molar refractivity (Wildman–Crippen MR) is 123 cm³/mol. The van der Waals surface area contributed by atoms with Gasteiger partial charge in [0.25, 0.3) is 0 Å². The number of esters is 4. The fraction of sp³-hybridized carbons (Fsp3) is 0.692. The van der Waals surface area contributed by atoms with Crippen LogP contribution in [0.15, 0.2) is 23.3 Å². The molecule has 36 heavy (non-hydrogen) atoms. The zero-order valence-electron chi connectivity index (χ0n) is 21.7. The van der Waals surface area contributed by atoms with Gasteiger partial charge < -0.3 is 28.8 Å². The number of epoxide rings is 1. The maximum Gasteiger partial charge on any atom is 0.342 e. The molecule has 0 unspecified atom stereocenters. The van der Waals surface area contributed by atoms with Gasteiger partial charge in [0.05, 0.1) is 0 Å². The molecule has 0 aromatic carbocycles. The molecule has 0 amide bonds. The highest BCUT2D eigenvalue weighted by Crippen LogP contribution is 2.65. The summed E-state index contributed by atoms with van der Waals surface area (Å²) in [6, 6.07) is 0. The zero-order chi connectivity index (χ0) is 26.8. The molecule has 0 aromatic rings. The van der Waals surface area contributed by atoms with Crippen LogP contribution in [0, 0.1) is 11.3 Å². The van der Waals surface area contributed by atoms with Gasteiger partial charge in [-0.2, -0.15) is 0 Å². The number of aliphatic hydroxyl groups is 1. The highest BCUT2D eigenvalue weighted by atomic mass is 16.7. The van der Waals surface area contributed by atoms with E-state index in [1.54, 1.807) is 26.8 Å². The van der Waals surface area contributed by atoms with Crippen LogP contribution in [0.3, 0.4) is 0 Å². The van der Waals surface area contributed by atoms with Gasteiger partial charge in [0.2, 0.25) is 0 Å². The number of carbonyl (C=O) groups excluding carboxylic acids is 4. The number of rotatable bonds is 3. The van der Waals surface area contributed by atoms with Crippen molar-refractivity contribution < 1.29 is 48.0 Å². The van der Waals surface area contributed by atoms with Crippen molar-refractivity contribution in [2.24, 2.45) is 11.3 Å². The minimum atomic E-state index is -1.37. The molecular formula is C26H34O10. The van der Waals surface area contributed by atoms with E-state index in [0.29, 0.717) is 5.57 Å². The van der Waals surface area contributed by atoms with Crippen molar-refractivity contribution in [3.8, 4) is 0 Å². The molecule has 2 saturated heterocycles. The Kier molecular flexibility index (Phi) is 6.36. The summed E-state index contributed by atoms with van der Waals surface area (Å²) in [5.74, 6) is -3.11. The Labute approximate surface area is 209 Å². The number of hydrogen-bond acceptors (Lipinski definition) is 10. The van der Waals surface area contributed by atoms with Gasteiger partial charge in [0.15, 0.2) is 17.3 Å². The fourth-order valence-electron chi connectivity index (χ4n) is 6.54. The Balaban J connectivity index is 1.99. The lowest BCUT2D eigenvalue weighted by atomic mass is 9.56. The molecule has 0 radical (unpaired) electrons. The molecule has 4 aliphatic rings. The van der Waals surface area contributed by atoms with E-state index in [-0.39, 0.29) is 12.8 Å². The molecule has 2 aliphatic carbocycles. The molecular weight excluding hydrogens is 472 g/mol. The lowest BCUT2D eigenvalue weighted by Crippen LogP contribution is -2.63. The van der Waals surface area contributed by atoms with Gasteiger partial charge >= 0.3 is 23.9 Å². The largest absolute Gasteiger partial charge is 0.462 e. The Morgan fingerprint density at radius 1 is 1.03 bits per heavy atom. The predicted octanol–water partition coefficient (Wildman–Crippen LogP) is 1.92. The van der Waals surface area contributed by atoms with E-state index in [9.17, 15) is 24.3 Å². The number of aliphatic hydroxyl groups excluding tert-OH is 1. The molecule has 0 aromatic heterocycles. The Bertz CT molecular complexity index is 1060. The van der Waals surface area contributed by atoms with Crippen molar-refractivity contribution >= 4 is 23.9 Å². The van der Waals surface area contributed by atoms with E-state index < -0.39 is 76.9 Å². The summed E-state index contributed by atoms with van der Waals surface area (Å²) >= 11 is 0. The Morgan fingerprint density at radius 2 is 1.64 bits per heavy atom. The van der Waals surface area contributed by atoms with Gasteiger partial charge in [-0.15, -0.1) is 0 Å². The van der Waals surface area contributed by atoms with Crippen LogP contribution >= 0.6 is 0 Å². The third-order valence-corrected chi connectivity index (χ3v) is 8.22. The number of fused-ring (bicyclic) bond motifs is 1. The number of hydrogen-bond donors (Lipinski definition) is 1. The monoisotopic (exact) mass is 506 g/mol. The molecule has 0 bridgehead atoms. The normalized spacial score (nSPS) is 44.8. The number of carbonyl (C=O) groups is 4. The van der Waals surface area contributed by atoms with E-state index >= 15 is 0 Å². The van der Waals surface area contributed by atoms with Crippen LogP contribution in [0.2, 0.25) is 0 Å². The van der Waals surface area contributed by atoms with Crippen molar-refractivity contribution in [3.05, 3.63) is 23.3 Å². The highest BCUT2D eigenvalue weighted by molar-refractivity contribution is 5.89. The van der Waals surface area contributed by atoms with Gasteiger partial charge in [-0.05, 0) is 26.8 Å². The van der Waals surface area contributed by atoms with Crippen molar-refractivity contribution in [3.63, 3.8) is 0 Å². The first kappa shape index (κ1) is 26.3. The van der Waals surface area contributed by atoms with E-state index in [4.69, 9.17) is 23.7 Å². The van der Waals surface area contributed by atoms with Crippen LogP contribution in [0.4, 0.5) is 0 Å². The summed E-state index contributed by atoms with van der Waals surface area (Å²) in [5.41, 5.74) is -2.61. The van der Waals surface area contributed by atoms with Crippen molar-refractivity contribution in [1.82, 2.24) is 0 Å². The van der Waals surface area contributed by atoms with Crippen LogP contribution in [0.25, 0.3) is 0 Å². The van der Waals surface area contributed by atoms with Crippen molar-refractivity contribution in [1.29, 1.82) is 0 Å². The SMILES string of the molecule is CC(=O)O[C@H]1CC=C(C)[C@@H]2[C@H](OC(C)=O)[C@]34O[C@@]3(C)C(=O)O[C@H]4/C=C(/C)C[C@@H](OC(C)=O)[C@H](O)[C@@]12C. The molecule has 1 N–H and O–H groups in total. The molecule has 2 heterocycles. The molecule has 9 atom stereocenters. The molecule has 2 aliphatic heterocycles. The summed E-state index contributed by atoms with van der Waals surface area (Å²) in [6.07, 6.45) is -1.20. The van der Waals surface area contributed by atoms with Gasteiger partial charge in [-0.25, -0.2) is 4.79 Å². The van der Waals surface area contributed by atoms with E-state index in [1.807, 2.05) is 13.0 Å². The topological polar surface area (TPSA) is 138 Å².